The highest BCUT2D eigenvalue weighted by Crippen LogP contribution is 2.29. The molecule has 0 radical (unpaired) electrons. The summed E-state index contributed by atoms with van der Waals surface area (Å²) in [6.07, 6.45) is 0. The van der Waals surface area contributed by atoms with Gasteiger partial charge in [0.1, 0.15) is 0 Å². The molecule has 1 saturated heterocycles. The molecule has 4 nitrogen and oxygen atoms in total. The van der Waals surface area contributed by atoms with Crippen molar-refractivity contribution in [3.63, 3.8) is 0 Å². The second kappa shape index (κ2) is 6.42. The molecule has 1 unspecified atom stereocenters. The fourth-order valence-electron chi connectivity index (χ4n) is 2.72. The first-order valence-electron chi connectivity index (χ1n) is 6.82. The number of sulfonamides is 1. The minimum absolute atomic E-state index is 0.0633. The van der Waals surface area contributed by atoms with Gasteiger partial charge in [0.15, 0.2) is 0 Å². The highest BCUT2D eigenvalue weighted by atomic mass is 35.5. The summed E-state index contributed by atoms with van der Waals surface area (Å²) in [5, 5.41) is 0.400. The van der Waals surface area contributed by atoms with E-state index < -0.39 is 10.0 Å². The Labute approximate surface area is 136 Å². The zero-order valence-electron chi connectivity index (χ0n) is 12.4. The second-order valence-electron chi connectivity index (χ2n) is 5.55. The maximum Gasteiger partial charge on any atom is 0.243 e. The Kier molecular flexibility index (Phi) is 5.21. The van der Waals surface area contributed by atoms with E-state index in [1.807, 2.05) is 14.0 Å². The number of alkyl halides is 1. The summed E-state index contributed by atoms with van der Waals surface area (Å²) in [7, 11) is -1.56. The molecular formula is C14H20Cl2N2O2S. The van der Waals surface area contributed by atoms with Crippen LogP contribution in [0.4, 0.5) is 0 Å². The molecule has 1 aromatic rings. The normalized spacial score (nSPS) is 21.7. The SMILES string of the molecule is Cc1c(CCl)cc(Cl)cc1S(=O)(=O)N1CCN(C)CC1C. The van der Waals surface area contributed by atoms with Crippen molar-refractivity contribution < 1.29 is 8.42 Å². The van der Waals surface area contributed by atoms with E-state index in [1.54, 1.807) is 17.3 Å². The van der Waals surface area contributed by atoms with Gasteiger partial charge in [-0.1, -0.05) is 11.6 Å². The van der Waals surface area contributed by atoms with Crippen molar-refractivity contribution >= 4 is 33.2 Å². The molecule has 7 heteroatoms. The lowest BCUT2D eigenvalue weighted by atomic mass is 10.1. The molecule has 0 aromatic heterocycles. The molecule has 2 rings (SSSR count). The first-order chi connectivity index (χ1) is 9.77. The van der Waals surface area contributed by atoms with Gasteiger partial charge in [-0.25, -0.2) is 8.42 Å². The molecule has 1 aliphatic rings. The molecule has 0 N–H and O–H groups in total. The van der Waals surface area contributed by atoms with Gasteiger partial charge in [-0.05, 0) is 44.2 Å². The summed E-state index contributed by atoms with van der Waals surface area (Å²) in [4.78, 5) is 2.40. The Hall–Kier alpha value is -0.330. The third-order valence-electron chi connectivity index (χ3n) is 3.93. The third-order valence-corrected chi connectivity index (χ3v) is 6.58. The quantitative estimate of drug-likeness (QED) is 0.787. The average molecular weight is 351 g/mol. The number of rotatable bonds is 3. The summed E-state index contributed by atoms with van der Waals surface area (Å²) >= 11 is 11.9. The van der Waals surface area contributed by atoms with Gasteiger partial charge in [0.25, 0.3) is 0 Å². The van der Waals surface area contributed by atoms with Gasteiger partial charge in [0.2, 0.25) is 10.0 Å². The van der Waals surface area contributed by atoms with E-state index in [0.29, 0.717) is 17.1 Å². The van der Waals surface area contributed by atoms with Crippen LogP contribution >= 0.6 is 23.2 Å². The van der Waals surface area contributed by atoms with Crippen molar-refractivity contribution in [1.82, 2.24) is 9.21 Å². The van der Waals surface area contributed by atoms with Crippen LogP contribution < -0.4 is 0 Å². The zero-order chi connectivity index (χ0) is 15.8. The fraction of sp³-hybridized carbons (Fsp3) is 0.571. The van der Waals surface area contributed by atoms with Gasteiger partial charge in [0.05, 0.1) is 4.90 Å². The number of hydrogen-bond donors (Lipinski definition) is 0. The van der Waals surface area contributed by atoms with Crippen molar-refractivity contribution in [1.29, 1.82) is 0 Å². The van der Waals surface area contributed by atoms with Gasteiger partial charge in [-0.3, -0.25) is 0 Å². The summed E-state index contributed by atoms with van der Waals surface area (Å²) < 4.78 is 27.5. The summed E-state index contributed by atoms with van der Waals surface area (Å²) in [5.74, 6) is 0.243. The van der Waals surface area contributed by atoms with Gasteiger partial charge < -0.3 is 4.90 Å². The second-order valence-corrected chi connectivity index (χ2v) is 8.11. The van der Waals surface area contributed by atoms with Gasteiger partial charge >= 0.3 is 0 Å². The minimum Gasteiger partial charge on any atom is -0.303 e. The molecule has 0 bridgehead atoms. The van der Waals surface area contributed by atoms with E-state index in [-0.39, 0.29) is 16.8 Å². The van der Waals surface area contributed by atoms with E-state index in [0.717, 1.165) is 18.7 Å². The van der Waals surface area contributed by atoms with E-state index in [9.17, 15) is 8.42 Å². The number of hydrogen-bond acceptors (Lipinski definition) is 3. The van der Waals surface area contributed by atoms with Crippen LogP contribution in [0.1, 0.15) is 18.1 Å². The van der Waals surface area contributed by atoms with E-state index in [1.165, 1.54) is 6.07 Å². The van der Waals surface area contributed by atoms with Crippen molar-refractivity contribution in [3.8, 4) is 0 Å². The number of likely N-dealkylation sites (N-methyl/N-ethyl adjacent to an activating group) is 1. The van der Waals surface area contributed by atoms with Crippen molar-refractivity contribution in [2.75, 3.05) is 26.7 Å². The minimum atomic E-state index is -3.56. The lowest BCUT2D eigenvalue weighted by Crippen LogP contribution is -2.52. The standard InChI is InChI=1S/C14H20Cl2N2O2S/c1-10-9-17(3)4-5-18(10)21(19,20)14-7-13(16)6-12(8-15)11(14)2/h6-7,10H,4-5,8-9H2,1-3H3. The van der Waals surface area contributed by atoms with Crippen LogP contribution in [-0.4, -0.2) is 50.3 Å². The van der Waals surface area contributed by atoms with Crippen LogP contribution in [0.15, 0.2) is 17.0 Å². The topological polar surface area (TPSA) is 40.6 Å². The summed E-state index contributed by atoms with van der Waals surface area (Å²) in [5.41, 5.74) is 1.44. The smallest absolute Gasteiger partial charge is 0.243 e. The predicted octanol–water partition coefficient (Wildman–Crippen LogP) is 2.71. The van der Waals surface area contributed by atoms with Crippen LogP contribution in [0.2, 0.25) is 5.02 Å². The Bertz CT molecular complexity index is 634. The first-order valence-corrected chi connectivity index (χ1v) is 9.18. The number of benzene rings is 1. The van der Waals surface area contributed by atoms with E-state index >= 15 is 0 Å². The molecule has 1 aliphatic heterocycles. The van der Waals surface area contributed by atoms with Crippen LogP contribution in [0, 0.1) is 6.92 Å². The zero-order valence-corrected chi connectivity index (χ0v) is 14.8. The van der Waals surface area contributed by atoms with E-state index in [4.69, 9.17) is 23.2 Å². The monoisotopic (exact) mass is 350 g/mol. The van der Waals surface area contributed by atoms with Gasteiger partial charge in [-0.2, -0.15) is 4.31 Å². The Morgan fingerprint density at radius 1 is 1.33 bits per heavy atom. The number of halogens is 2. The lowest BCUT2D eigenvalue weighted by molar-refractivity contribution is 0.170. The van der Waals surface area contributed by atoms with Crippen molar-refractivity contribution in [2.24, 2.45) is 0 Å². The number of piperazine rings is 1. The maximum absolute atomic E-state index is 13.0. The summed E-state index contributed by atoms with van der Waals surface area (Å²) in [6, 6.07) is 3.18. The Balaban J connectivity index is 2.47. The maximum atomic E-state index is 13.0. The molecule has 0 spiro atoms. The molecule has 1 heterocycles. The van der Waals surface area contributed by atoms with E-state index in [2.05, 4.69) is 4.90 Å². The van der Waals surface area contributed by atoms with Crippen molar-refractivity contribution in [2.45, 2.75) is 30.7 Å². The van der Waals surface area contributed by atoms with Crippen molar-refractivity contribution in [3.05, 3.63) is 28.3 Å². The van der Waals surface area contributed by atoms with Gasteiger partial charge in [-0.15, -0.1) is 11.6 Å². The van der Waals surface area contributed by atoms with Crippen LogP contribution in [-0.2, 0) is 15.9 Å². The fourth-order valence-corrected chi connectivity index (χ4v) is 5.21. The molecule has 0 amide bonds. The first kappa shape index (κ1) is 17.0. The lowest BCUT2D eigenvalue weighted by Gasteiger charge is -2.37. The average Bonchev–Trinajstić information content (AvgIpc) is 2.40. The molecule has 0 saturated carbocycles. The van der Waals surface area contributed by atoms with Gasteiger partial charge in [0, 0.05) is 36.6 Å². The molecule has 1 atom stereocenters. The highest BCUT2D eigenvalue weighted by Gasteiger charge is 2.34. The summed E-state index contributed by atoms with van der Waals surface area (Å²) in [6.45, 7) is 5.64. The molecule has 21 heavy (non-hydrogen) atoms. The largest absolute Gasteiger partial charge is 0.303 e. The Morgan fingerprint density at radius 2 is 2.00 bits per heavy atom. The molecule has 118 valence electrons. The van der Waals surface area contributed by atoms with Crippen LogP contribution in [0.25, 0.3) is 0 Å². The predicted molar refractivity (Wildman–Crippen MR) is 86.6 cm³/mol. The number of nitrogens with zero attached hydrogens (tertiary/aromatic N) is 2. The Morgan fingerprint density at radius 3 is 2.57 bits per heavy atom. The van der Waals surface area contributed by atoms with Crippen LogP contribution in [0.3, 0.4) is 0 Å². The molecule has 1 fully saturated rings. The third kappa shape index (κ3) is 3.37. The molecule has 0 aliphatic carbocycles. The van der Waals surface area contributed by atoms with Crippen LogP contribution in [0.5, 0.6) is 0 Å². The molecular weight excluding hydrogens is 331 g/mol. The highest BCUT2D eigenvalue weighted by molar-refractivity contribution is 7.89. The molecule has 1 aromatic carbocycles.